The van der Waals surface area contributed by atoms with E-state index in [1.165, 1.54) is 33.0 Å². The topological polar surface area (TPSA) is 96.1 Å². The van der Waals surface area contributed by atoms with Crippen LogP contribution >= 0.6 is 0 Å². The molecule has 0 fully saturated rings. The van der Waals surface area contributed by atoms with Gasteiger partial charge in [-0.3, -0.25) is 0 Å². The summed E-state index contributed by atoms with van der Waals surface area (Å²) in [4.78, 5) is 16.4. The molecule has 7 nitrogen and oxygen atoms in total. The minimum Gasteiger partial charge on any atom is -0.309 e. The Morgan fingerprint density at radius 1 is 0.329 bits per heavy atom. The fourth-order valence-electron chi connectivity index (χ4n) is 10.6. The van der Waals surface area contributed by atoms with Crippen LogP contribution in [0.15, 0.2) is 164 Å². The maximum atomic E-state index is 10.6. The number of hydrogen-bond acceptors (Lipinski definition) is 5. The van der Waals surface area contributed by atoms with Gasteiger partial charge < -0.3 is 9.13 Å². The van der Waals surface area contributed by atoms with Crippen LogP contribution in [-0.4, -0.2) is 24.1 Å². The van der Waals surface area contributed by atoms with E-state index in [9.17, 15) is 10.5 Å². The molecule has 0 aliphatic carbocycles. The van der Waals surface area contributed by atoms with Gasteiger partial charge in [0.25, 0.3) is 0 Å². The Balaban J connectivity index is 1.23. The van der Waals surface area contributed by atoms with Crippen LogP contribution in [0, 0.1) is 22.7 Å². The van der Waals surface area contributed by atoms with Gasteiger partial charge >= 0.3 is 0 Å². The highest BCUT2D eigenvalue weighted by Crippen LogP contribution is 2.43. The summed E-state index contributed by atoms with van der Waals surface area (Å²) in [7, 11) is 0. The van der Waals surface area contributed by atoms with Crippen molar-refractivity contribution in [2.24, 2.45) is 0 Å². The lowest BCUT2D eigenvalue weighted by Gasteiger charge is -2.20. The summed E-state index contributed by atoms with van der Waals surface area (Å²) in [5, 5.41) is 25.0. The van der Waals surface area contributed by atoms with Gasteiger partial charge in [0.2, 0.25) is 0 Å². The standard InChI is InChI=1S/C69H63N7/c1-66(2,3)47-24-30-57-52(36-47)53-37-48(67(4,5)6)25-31-58(53)75(57)61-29-23-46(44-21-18-42(40-70)19-22-44)35-56(61)65-73-63(45-16-14-13-15-17-45)72-64(74-65)51-28-20-43(41-71)34-62(51)76-59-32-26-49(68(7,8)9)38-54(59)55-39-50(69(10,11)12)27-33-60(55)76/h13-39H,1-12H3. The molecule has 11 aromatic rings. The van der Waals surface area contributed by atoms with Crippen molar-refractivity contribution in [3.8, 4) is 68.8 Å². The van der Waals surface area contributed by atoms with Crippen LogP contribution in [0.3, 0.4) is 0 Å². The zero-order valence-electron chi connectivity index (χ0n) is 45.7. The minimum absolute atomic E-state index is 0.0679. The fourth-order valence-corrected chi connectivity index (χ4v) is 10.6. The van der Waals surface area contributed by atoms with Gasteiger partial charge in [-0.25, -0.2) is 15.0 Å². The fraction of sp³-hybridized carbons (Fsp3) is 0.232. The zero-order valence-corrected chi connectivity index (χ0v) is 45.7. The largest absolute Gasteiger partial charge is 0.309 e. The Kier molecular flexibility index (Phi) is 11.8. The van der Waals surface area contributed by atoms with Gasteiger partial charge in [-0.2, -0.15) is 10.5 Å². The maximum absolute atomic E-state index is 10.6. The summed E-state index contributed by atoms with van der Waals surface area (Å²) in [5.41, 5.74) is 16.0. The Bertz CT molecular complexity index is 4060. The van der Waals surface area contributed by atoms with Crippen molar-refractivity contribution in [1.82, 2.24) is 24.1 Å². The molecule has 11 rings (SSSR count). The average molecular weight is 990 g/mol. The average Bonchev–Trinajstić information content (AvgIpc) is 3.98. The number of rotatable bonds is 6. The molecule has 0 radical (unpaired) electrons. The number of aromatic nitrogens is 5. The number of nitrogens with zero attached hydrogens (tertiary/aromatic N) is 7. The normalized spacial score (nSPS) is 12.4. The summed E-state index contributed by atoms with van der Waals surface area (Å²) in [5.74, 6) is 1.48. The predicted octanol–water partition coefficient (Wildman–Crippen LogP) is 17.7. The van der Waals surface area contributed by atoms with Crippen LogP contribution in [-0.2, 0) is 21.7 Å². The Morgan fingerprint density at radius 2 is 0.724 bits per heavy atom. The molecule has 0 aliphatic heterocycles. The molecule has 76 heavy (non-hydrogen) atoms. The molecule has 0 N–H and O–H groups in total. The Morgan fingerprint density at radius 3 is 1.16 bits per heavy atom. The third-order valence-electron chi connectivity index (χ3n) is 15.1. The molecular weight excluding hydrogens is 927 g/mol. The molecule has 7 heteroatoms. The van der Waals surface area contributed by atoms with Gasteiger partial charge in [0, 0.05) is 38.2 Å². The van der Waals surface area contributed by atoms with E-state index in [0.29, 0.717) is 28.6 Å². The Hall–Kier alpha value is -8.65. The van der Waals surface area contributed by atoms with Crippen LogP contribution < -0.4 is 0 Å². The predicted molar refractivity (Wildman–Crippen MR) is 314 cm³/mol. The van der Waals surface area contributed by atoms with Crippen molar-refractivity contribution in [2.75, 3.05) is 0 Å². The lowest BCUT2D eigenvalue weighted by molar-refractivity contribution is 0.590. The van der Waals surface area contributed by atoms with Crippen LogP contribution in [0.1, 0.15) is 116 Å². The summed E-state index contributed by atoms with van der Waals surface area (Å²) in [6.07, 6.45) is 0. The molecule has 0 bridgehead atoms. The number of fused-ring (bicyclic) bond motifs is 6. The lowest BCUT2D eigenvalue weighted by Crippen LogP contribution is -2.10. The first-order valence-electron chi connectivity index (χ1n) is 26.3. The van der Waals surface area contributed by atoms with E-state index in [1.54, 1.807) is 0 Å². The first-order valence-corrected chi connectivity index (χ1v) is 26.3. The molecule has 8 aromatic carbocycles. The minimum atomic E-state index is -0.0779. The van der Waals surface area contributed by atoms with Gasteiger partial charge in [-0.15, -0.1) is 0 Å². The first-order chi connectivity index (χ1) is 36.1. The van der Waals surface area contributed by atoms with E-state index in [-0.39, 0.29) is 21.7 Å². The van der Waals surface area contributed by atoms with Crippen LogP contribution in [0.25, 0.3) is 100 Å². The summed E-state index contributed by atoms with van der Waals surface area (Å²) < 4.78 is 4.66. The third-order valence-corrected chi connectivity index (χ3v) is 15.1. The van der Waals surface area contributed by atoms with E-state index < -0.39 is 0 Å². The molecular formula is C69H63N7. The Labute approximate surface area is 446 Å². The van der Waals surface area contributed by atoms with Gasteiger partial charge in [0.1, 0.15) is 0 Å². The monoisotopic (exact) mass is 990 g/mol. The van der Waals surface area contributed by atoms with Crippen molar-refractivity contribution >= 4 is 43.6 Å². The second-order valence-electron chi connectivity index (χ2n) is 24.5. The van der Waals surface area contributed by atoms with Crippen molar-refractivity contribution in [2.45, 2.75) is 105 Å². The van der Waals surface area contributed by atoms with Gasteiger partial charge in [-0.1, -0.05) is 156 Å². The third kappa shape index (κ3) is 8.80. The highest BCUT2D eigenvalue weighted by atomic mass is 15.1. The molecule has 3 aromatic heterocycles. The molecule has 0 spiro atoms. The first kappa shape index (κ1) is 49.6. The summed E-state index contributed by atoms with van der Waals surface area (Å²) in [6.45, 7) is 27.1. The van der Waals surface area contributed by atoms with E-state index >= 15 is 0 Å². The van der Waals surface area contributed by atoms with Crippen molar-refractivity contribution in [1.29, 1.82) is 10.5 Å². The van der Waals surface area contributed by atoms with Crippen LogP contribution in [0.2, 0.25) is 0 Å². The van der Waals surface area contributed by atoms with E-state index in [1.807, 2.05) is 72.8 Å². The molecule has 374 valence electrons. The highest BCUT2D eigenvalue weighted by molar-refractivity contribution is 6.11. The molecule has 0 aliphatic rings. The van der Waals surface area contributed by atoms with Crippen molar-refractivity contribution in [3.05, 3.63) is 197 Å². The number of benzene rings is 8. The molecule has 0 unspecified atom stereocenters. The van der Waals surface area contributed by atoms with Crippen molar-refractivity contribution in [3.63, 3.8) is 0 Å². The highest BCUT2D eigenvalue weighted by Gasteiger charge is 2.27. The van der Waals surface area contributed by atoms with Crippen LogP contribution in [0.4, 0.5) is 0 Å². The molecule has 0 saturated heterocycles. The molecule has 3 heterocycles. The van der Waals surface area contributed by atoms with Gasteiger partial charge in [-0.05, 0) is 146 Å². The quantitative estimate of drug-likeness (QED) is 0.165. The summed E-state index contributed by atoms with van der Waals surface area (Å²) >= 11 is 0. The maximum Gasteiger partial charge on any atom is 0.166 e. The van der Waals surface area contributed by atoms with Gasteiger partial charge in [0.05, 0.1) is 56.7 Å². The molecule has 0 amide bonds. The zero-order chi connectivity index (χ0) is 53.6. The van der Waals surface area contributed by atoms with E-state index in [0.717, 1.165) is 72.0 Å². The lowest BCUT2D eigenvalue weighted by atomic mass is 9.85. The van der Waals surface area contributed by atoms with E-state index in [4.69, 9.17) is 15.0 Å². The van der Waals surface area contributed by atoms with Crippen LogP contribution in [0.5, 0.6) is 0 Å². The second kappa shape index (κ2) is 18.0. The SMILES string of the molecule is CC(C)(C)c1ccc2c(c1)c1cc(C(C)(C)C)ccc1n2-c1ccc(-c2ccc(C#N)cc2)cc1-c1nc(-c2ccccc2)nc(-c2ccc(C#N)cc2-n2c3ccc(C(C)(C)C)cc3c3cc(C(C)(C)C)ccc32)n1. The smallest absolute Gasteiger partial charge is 0.166 e. The number of hydrogen-bond donors (Lipinski definition) is 0. The molecule has 0 atom stereocenters. The second-order valence-corrected chi connectivity index (χ2v) is 24.5. The van der Waals surface area contributed by atoms with Crippen molar-refractivity contribution < 1.29 is 0 Å². The summed E-state index contributed by atoms with van der Waals surface area (Å²) in [6, 6.07) is 62.3. The van der Waals surface area contributed by atoms with Gasteiger partial charge in [0.15, 0.2) is 17.5 Å². The molecule has 0 saturated carbocycles. The van der Waals surface area contributed by atoms with E-state index in [2.05, 4.69) is 195 Å². The number of nitriles is 2.